The molecule has 4 rings (SSSR count). The van der Waals surface area contributed by atoms with Crippen LogP contribution < -0.4 is 9.64 Å². The number of anilines is 1. The van der Waals surface area contributed by atoms with Gasteiger partial charge in [0.25, 0.3) is 5.69 Å². The number of aliphatic imine (C=N–C) groups is 1. The number of non-ortho nitro benzene ring substituents is 1. The van der Waals surface area contributed by atoms with Gasteiger partial charge in [-0.05, 0) is 36.4 Å². The minimum absolute atomic E-state index is 0.00359. The van der Waals surface area contributed by atoms with Crippen LogP contribution in [0, 0.1) is 10.1 Å². The zero-order chi connectivity index (χ0) is 20.9. The van der Waals surface area contributed by atoms with Gasteiger partial charge >= 0.3 is 0 Å². The summed E-state index contributed by atoms with van der Waals surface area (Å²) in [7, 11) is 2.04. The fourth-order valence-corrected chi connectivity index (χ4v) is 3.27. The van der Waals surface area contributed by atoms with Crippen LogP contribution in [-0.4, -0.2) is 35.8 Å². The number of benzodiazepines with no additional fused rings is 1. The lowest BCUT2D eigenvalue weighted by Gasteiger charge is -2.18. The highest BCUT2D eigenvalue weighted by Crippen LogP contribution is 2.30. The predicted octanol–water partition coefficient (Wildman–Crippen LogP) is 4.73. The second kappa shape index (κ2) is 8.57. The summed E-state index contributed by atoms with van der Waals surface area (Å²) >= 11 is 0. The van der Waals surface area contributed by atoms with Crippen LogP contribution in [-0.2, 0) is 0 Å². The summed E-state index contributed by atoms with van der Waals surface area (Å²) in [5.74, 6) is 1.06. The fourth-order valence-electron chi connectivity index (χ4n) is 3.27. The fraction of sp³-hybridized carbons (Fsp3) is 0.130. The van der Waals surface area contributed by atoms with Gasteiger partial charge in [0.1, 0.15) is 11.5 Å². The van der Waals surface area contributed by atoms with Crippen molar-refractivity contribution in [3.8, 4) is 11.5 Å². The van der Waals surface area contributed by atoms with Gasteiger partial charge in [-0.15, -0.1) is 0 Å². The molecule has 3 aromatic rings. The average Bonchev–Trinajstić information content (AvgIpc) is 2.92. The van der Waals surface area contributed by atoms with Crippen molar-refractivity contribution in [2.24, 2.45) is 4.99 Å². The molecule has 2 aromatic carbocycles. The highest BCUT2D eigenvalue weighted by Gasteiger charge is 2.15. The maximum Gasteiger partial charge on any atom is 0.270 e. The van der Waals surface area contributed by atoms with Crippen LogP contribution in [0.4, 0.5) is 11.4 Å². The molecule has 0 bridgehead atoms. The van der Waals surface area contributed by atoms with Crippen LogP contribution in [0.5, 0.6) is 11.5 Å². The number of aromatic nitrogens is 1. The molecule has 0 saturated heterocycles. The summed E-state index contributed by atoms with van der Waals surface area (Å²) in [6.07, 6.45) is 6.94. The standard InChI is InChI=1S/C23H20N4O3/c1-26-14-13-25-21(20-6-2-3-7-22(20)26)10-8-17-15-18(27(28)29)9-11-23(17)30-19-5-4-12-24-16-19/h2-12,15-16H,13-14H2,1H3. The normalized spacial score (nSPS) is 13.5. The zero-order valence-corrected chi connectivity index (χ0v) is 16.4. The lowest BCUT2D eigenvalue weighted by molar-refractivity contribution is -0.384. The topological polar surface area (TPSA) is 80.9 Å². The Morgan fingerprint density at radius 1 is 1.13 bits per heavy atom. The molecule has 0 saturated carbocycles. The van der Waals surface area contributed by atoms with E-state index in [9.17, 15) is 10.1 Å². The quantitative estimate of drug-likeness (QED) is 0.457. The van der Waals surface area contributed by atoms with E-state index in [0.29, 0.717) is 23.6 Å². The SMILES string of the molecule is CN1CCN=C(C=Cc2cc([N+](=O)[O-])ccc2Oc2cccnc2)c2ccccc21. The molecule has 0 unspecified atom stereocenters. The Morgan fingerprint density at radius 2 is 2.00 bits per heavy atom. The Labute approximate surface area is 174 Å². The smallest absolute Gasteiger partial charge is 0.270 e. The van der Waals surface area contributed by atoms with Crippen LogP contribution in [0.25, 0.3) is 6.08 Å². The second-order valence-corrected chi connectivity index (χ2v) is 6.81. The molecule has 0 amide bonds. The predicted molar refractivity (Wildman–Crippen MR) is 118 cm³/mol. The largest absolute Gasteiger partial charge is 0.455 e. The Hall–Kier alpha value is -4.00. The molecular weight excluding hydrogens is 380 g/mol. The number of benzene rings is 2. The Balaban J connectivity index is 1.71. The third-order valence-corrected chi connectivity index (χ3v) is 4.80. The summed E-state index contributed by atoms with van der Waals surface area (Å²) < 4.78 is 5.91. The van der Waals surface area contributed by atoms with Gasteiger partial charge in [-0.3, -0.25) is 20.1 Å². The van der Waals surface area contributed by atoms with E-state index < -0.39 is 4.92 Å². The van der Waals surface area contributed by atoms with E-state index in [1.165, 1.54) is 12.1 Å². The van der Waals surface area contributed by atoms with Gasteiger partial charge in [-0.1, -0.05) is 18.2 Å². The van der Waals surface area contributed by atoms with Gasteiger partial charge in [-0.25, -0.2) is 0 Å². The molecule has 0 aliphatic carbocycles. The highest BCUT2D eigenvalue weighted by molar-refractivity contribution is 6.14. The Bertz CT molecular complexity index is 1130. The number of allylic oxidation sites excluding steroid dienone is 1. The number of rotatable bonds is 5. The lowest BCUT2D eigenvalue weighted by atomic mass is 10.1. The van der Waals surface area contributed by atoms with Gasteiger partial charge in [0, 0.05) is 48.7 Å². The first-order valence-electron chi connectivity index (χ1n) is 9.51. The first kappa shape index (κ1) is 19.3. The number of nitro groups is 1. The van der Waals surface area contributed by atoms with Gasteiger partial charge in [-0.2, -0.15) is 0 Å². The van der Waals surface area contributed by atoms with Gasteiger partial charge in [0.05, 0.1) is 23.4 Å². The molecular formula is C23H20N4O3. The number of ether oxygens (including phenoxy) is 1. The summed E-state index contributed by atoms with van der Waals surface area (Å²) in [6, 6.07) is 16.1. The van der Waals surface area contributed by atoms with Crippen molar-refractivity contribution in [3.05, 3.63) is 94.3 Å². The van der Waals surface area contributed by atoms with E-state index in [-0.39, 0.29) is 5.69 Å². The van der Waals surface area contributed by atoms with E-state index in [0.717, 1.165) is 23.5 Å². The van der Waals surface area contributed by atoms with E-state index in [4.69, 9.17) is 9.73 Å². The maximum absolute atomic E-state index is 11.3. The Morgan fingerprint density at radius 3 is 2.80 bits per heavy atom. The number of fused-ring (bicyclic) bond motifs is 1. The Kier molecular flexibility index (Phi) is 5.52. The monoisotopic (exact) mass is 400 g/mol. The number of pyridine rings is 1. The van der Waals surface area contributed by atoms with Crippen LogP contribution in [0.1, 0.15) is 11.1 Å². The number of likely N-dealkylation sites (N-methyl/N-ethyl adjacent to an activating group) is 1. The molecule has 150 valence electrons. The summed E-state index contributed by atoms with van der Waals surface area (Å²) in [5.41, 5.74) is 3.54. The average molecular weight is 400 g/mol. The minimum Gasteiger partial charge on any atom is -0.455 e. The van der Waals surface area contributed by atoms with E-state index in [2.05, 4.69) is 16.0 Å². The first-order chi connectivity index (χ1) is 14.6. The summed E-state index contributed by atoms with van der Waals surface area (Å²) in [4.78, 5) is 21.8. The number of hydrogen-bond acceptors (Lipinski definition) is 6. The third-order valence-electron chi connectivity index (χ3n) is 4.80. The van der Waals surface area contributed by atoms with Crippen molar-refractivity contribution in [1.82, 2.24) is 4.98 Å². The molecule has 7 heteroatoms. The summed E-state index contributed by atoms with van der Waals surface area (Å²) in [5, 5.41) is 11.3. The van der Waals surface area contributed by atoms with E-state index in [1.807, 2.05) is 31.3 Å². The van der Waals surface area contributed by atoms with Crippen LogP contribution in [0.15, 0.2) is 78.1 Å². The zero-order valence-electron chi connectivity index (χ0n) is 16.4. The molecule has 1 aliphatic heterocycles. The van der Waals surface area contributed by atoms with Crippen molar-refractivity contribution < 1.29 is 9.66 Å². The van der Waals surface area contributed by atoms with Crippen molar-refractivity contribution in [2.45, 2.75) is 0 Å². The molecule has 0 spiro atoms. The molecule has 0 fully saturated rings. The number of nitrogens with zero attached hydrogens (tertiary/aromatic N) is 4. The molecule has 1 aromatic heterocycles. The maximum atomic E-state index is 11.3. The number of para-hydroxylation sites is 1. The van der Waals surface area contributed by atoms with Crippen molar-refractivity contribution in [1.29, 1.82) is 0 Å². The molecule has 30 heavy (non-hydrogen) atoms. The minimum atomic E-state index is -0.418. The molecule has 0 N–H and O–H groups in total. The summed E-state index contributed by atoms with van der Waals surface area (Å²) in [6.45, 7) is 1.49. The number of hydrogen-bond donors (Lipinski definition) is 0. The molecule has 0 radical (unpaired) electrons. The van der Waals surface area contributed by atoms with Crippen molar-refractivity contribution in [2.75, 3.05) is 25.0 Å². The van der Waals surface area contributed by atoms with E-state index >= 15 is 0 Å². The molecule has 2 heterocycles. The van der Waals surface area contributed by atoms with Crippen LogP contribution >= 0.6 is 0 Å². The lowest BCUT2D eigenvalue weighted by Crippen LogP contribution is -2.20. The van der Waals surface area contributed by atoms with Crippen LogP contribution in [0.2, 0.25) is 0 Å². The molecule has 0 atom stereocenters. The second-order valence-electron chi connectivity index (χ2n) is 6.81. The first-order valence-corrected chi connectivity index (χ1v) is 9.51. The van der Waals surface area contributed by atoms with E-state index in [1.54, 1.807) is 36.7 Å². The molecule has 1 aliphatic rings. The van der Waals surface area contributed by atoms with Crippen molar-refractivity contribution in [3.63, 3.8) is 0 Å². The highest BCUT2D eigenvalue weighted by atomic mass is 16.6. The van der Waals surface area contributed by atoms with Gasteiger partial charge in [0.15, 0.2) is 0 Å². The molecule has 7 nitrogen and oxygen atoms in total. The van der Waals surface area contributed by atoms with Crippen molar-refractivity contribution >= 4 is 23.2 Å². The third kappa shape index (κ3) is 4.20. The van der Waals surface area contributed by atoms with Gasteiger partial charge < -0.3 is 9.64 Å². The number of nitro benzene ring substituents is 1. The van der Waals surface area contributed by atoms with Gasteiger partial charge in [0.2, 0.25) is 0 Å². The van der Waals surface area contributed by atoms with Crippen LogP contribution in [0.3, 0.4) is 0 Å².